The number of ether oxygens (including phenoxy) is 5. The number of benzene rings is 3. The van der Waals surface area contributed by atoms with Crippen molar-refractivity contribution in [2.45, 2.75) is 43.2 Å². The van der Waals surface area contributed by atoms with Crippen molar-refractivity contribution >= 4 is 5.97 Å². The molecule has 1 saturated carbocycles. The van der Waals surface area contributed by atoms with Crippen LogP contribution in [0.25, 0.3) is 0 Å². The fourth-order valence-corrected chi connectivity index (χ4v) is 7.35. The number of methoxy groups -OCH3 is 3. The second-order valence-corrected chi connectivity index (χ2v) is 11.5. The minimum atomic E-state index is -2.09. The van der Waals surface area contributed by atoms with Gasteiger partial charge in [0.15, 0.2) is 11.2 Å². The molecule has 0 bridgehead atoms. The molecular formula is C35H36O8. The predicted molar refractivity (Wildman–Crippen MR) is 159 cm³/mol. The standard InChI is InChI=1S/C35H36O8/c1-33(17-15-24(16-18-33)42-21-22-11-7-5-8-12-22)35-29(23-13-9-6-10-14-23)28(32(37)41-4)31(36)34(35,38)30-26(40-3)19-25(39-2)20-27(30)43-35/h5-17,19-20,28-29,31,36,38H,18,21H2,1-4H3/t28-,29-,31-,33?,34+,35-/m1/s1. The van der Waals surface area contributed by atoms with Crippen LogP contribution in [0.4, 0.5) is 0 Å². The van der Waals surface area contributed by atoms with Gasteiger partial charge in [-0.25, -0.2) is 0 Å². The molecule has 0 spiro atoms. The third-order valence-corrected chi connectivity index (χ3v) is 9.35. The lowest BCUT2D eigenvalue weighted by Gasteiger charge is -2.51. The van der Waals surface area contributed by atoms with Gasteiger partial charge in [-0.15, -0.1) is 0 Å². The number of allylic oxidation sites excluding steroid dienone is 2. The summed E-state index contributed by atoms with van der Waals surface area (Å²) in [5.41, 5.74) is -2.61. The third kappa shape index (κ3) is 4.15. The molecule has 2 N–H and O–H groups in total. The van der Waals surface area contributed by atoms with Crippen LogP contribution in [-0.4, -0.2) is 49.2 Å². The van der Waals surface area contributed by atoms with Crippen LogP contribution in [0.5, 0.6) is 17.2 Å². The van der Waals surface area contributed by atoms with Crippen LogP contribution in [0, 0.1) is 11.3 Å². The molecule has 6 atom stereocenters. The van der Waals surface area contributed by atoms with Crippen molar-refractivity contribution < 1.29 is 38.7 Å². The predicted octanol–water partition coefficient (Wildman–Crippen LogP) is 5.04. The van der Waals surface area contributed by atoms with Gasteiger partial charge in [0.1, 0.15) is 35.7 Å². The summed E-state index contributed by atoms with van der Waals surface area (Å²) in [6.07, 6.45) is 4.57. The topological polar surface area (TPSA) is 104 Å². The van der Waals surface area contributed by atoms with E-state index in [1.165, 1.54) is 21.3 Å². The molecule has 8 nitrogen and oxygen atoms in total. The van der Waals surface area contributed by atoms with E-state index in [9.17, 15) is 15.0 Å². The molecule has 3 aromatic carbocycles. The number of hydrogen-bond acceptors (Lipinski definition) is 8. The smallest absolute Gasteiger partial charge is 0.312 e. The summed E-state index contributed by atoms with van der Waals surface area (Å²) in [5, 5.41) is 25.2. The second-order valence-electron chi connectivity index (χ2n) is 11.5. The van der Waals surface area contributed by atoms with Gasteiger partial charge in [-0.3, -0.25) is 4.79 Å². The maximum atomic E-state index is 13.5. The van der Waals surface area contributed by atoms with Crippen molar-refractivity contribution in [2.75, 3.05) is 21.3 Å². The normalized spacial score (nSPS) is 30.5. The fraction of sp³-hybridized carbons (Fsp3) is 0.343. The Kier molecular flexibility index (Phi) is 7.22. The average molecular weight is 585 g/mol. The van der Waals surface area contributed by atoms with E-state index in [2.05, 4.69) is 0 Å². The van der Waals surface area contributed by atoms with Gasteiger partial charge in [0.2, 0.25) is 0 Å². The van der Waals surface area contributed by atoms with Crippen molar-refractivity contribution in [3.05, 3.63) is 113 Å². The van der Waals surface area contributed by atoms with Gasteiger partial charge in [-0.1, -0.05) is 73.7 Å². The van der Waals surface area contributed by atoms with E-state index in [0.29, 0.717) is 30.3 Å². The number of hydrogen-bond donors (Lipinski definition) is 2. The highest BCUT2D eigenvalue weighted by molar-refractivity contribution is 5.78. The van der Waals surface area contributed by atoms with Crippen LogP contribution in [0.15, 0.2) is 96.8 Å². The summed E-state index contributed by atoms with van der Waals surface area (Å²) >= 11 is 0. The lowest BCUT2D eigenvalue weighted by molar-refractivity contribution is -0.186. The molecule has 8 heteroatoms. The zero-order valence-corrected chi connectivity index (χ0v) is 24.7. The van der Waals surface area contributed by atoms with E-state index in [4.69, 9.17) is 23.7 Å². The van der Waals surface area contributed by atoms with Gasteiger partial charge in [0.25, 0.3) is 0 Å². The van der Waals surface area contributed by atoms with Crippen LogP contribution < -0.4 is 14.2 Å². The van der Waals surface area contributed by atoms with Crippen LogP contribution >= 0.6 is 0 Å². The number of carbonyl (C=O) groups is 1. The average Bonchev–Trinajstić information content (AvgIpc) is 3.43. The molecule has 3 aromatic rings. The van der Waals surface area contributed by atoms with Crippen molar-refractivity contribution in [3.8, 4) is 17.2 Å². The van der Waals surface area contributed by atoms with Crippen molar-refractivity contribution in [2.24, 2.45) is 11.3 Å². The number of fused-ring (bicyclic) bond motifs is 3. The Bertz CT molecular complexity index is 1570. The molecule has 1 heterocycles. The van der Waals surface area contributed by atoms with E-state index in [0.717, 1.165) is 11.1 Å². The molecule has 6 rings (SSSR count). The van der Waals surface area contributed by atoms with Gasteiger partial charge in [0.05, 0.1) is 32.8 Å². The lowest BCUT2D eigenvalue weighted by atomic mass is 9.57. The molecule has 0 amide bonds. The van der Waals surface area contributed by atoms with Crippen molar-refractivity contribution in [1.82, 2.24) is 0 Å². The van der Waals surface area contributed by atoms with Gasteiger partial charge in [0, 0.05) is 23.5 Å². The van der Waals surface area contributed by atoms with E-state index in [1.54, 1.807) is 12.1 Å². The van der Waals surface area contributed by atoms with E-state index < -0.39 is 40.5 Å². The Morgan fingerprint density at radius 3 is 2.30 bits per heavy atom. The first-order valence-corrected chi connectivity index (χ1v) is 14.3. The first-order valence-electron chi connectivity index (χ1n) is 14.3. The van der Waals surface area contributed by atoms with E-state index in [-0.39, 0.29) is 11.3 Å². The highest BCUT2D eigenvalue weighted by Crippen LogP contribution is 2.72. The van der Waals surface area contributed by atoms with Crippen LogP contribution in [0.2, 0.25) is 0 Å². The lowest BCUT2D eigenvalue weighted by Crippen LogP contribution is -2.63. The molecule has 0 saturated heterocycles. The zero-order chi connectivity index (χ0) is 30.4. The monoisotopic (exact) mass is 584 g/mol. The molecular weight excluding hydrogens is 548 g/mol. The minimum absolute atomic E-state index is 0.264. The SMILES string of the molecule is COC(=O)[C@@H]1[C@@H](c2ccccc2)[C@]2(C3(C)C=CC(OCc4ccccc4)=CC3)Oc3cc(OC)cc(OC)c3[C@]2(O)[C@@H]1O. The van der Waals surface area contributed by atoms with Gasteiger partial charge in [-0.2, -0.15) is 0 Å². The van der Waals surface area contributed by atoms with Crippen molar-refractivity contribution in [1.29, 1.82) is 0 Å². The van der Waals surface area contributed by atoms with Gasteiger partial charge < -0.3 is 33.9 Å². The number of aliphatic hydroxyl groups excluding tert-OH is 1. The Morgan fingerprint density at radius 2 is 1.70 bits per heavy atom. The molecule has 0 radical (unpaired) electrons. The maximum Gasteiger partial charge on any atom is 0.312 e. The Hall–Kier alpha value is -4.27. The summed E-state index contributed by atoms with van der Waals surface area (Å²) in [6, 6.07) is 22.6. The summed E-state index contributed by atoms with van der Waals surface area (Å²) in [5.74, 6) is -0.887. The summed E-state index contributed by atoms with van der Waals surface area (Å²) < 4.78 is 29.6. The van der Waals surface area contributed by atoms with Crippen LogP contribution in [0.3, 0.4) is 0 Å². The second kappa shape index (κ2) is 10.8. The number of carbonyl (C=O) groups excluding carboxylic acids is 1. The number of aliphatic hydroxyl groups is 2. The molecule has 0 aromatic heterocycles. The first-order chi connectivity index (χ1) is 20.7. The van der Waals surface area contributed by atoms with E-state index in [1.807, 2.05) is 85.8 Å². The molecule has 1 fully saturated rings. The van der Waals surface area contributed by atoms with Crippen molar-refractivity contribution in [3.63, 3.8) is 0 Å². The maximum absolute atomic E-state index is 13.5. The number of esters is 1. The van der Waals surface area contributed by atoms with Gasteiger partial charge >= 0.3 is 5.97 Å². The Labute approximate surface area is 251 Å². The van der Waals surface area contributed by atoms with Crippen LogP contribution in [0.1, 0.15) is 36.0 Å². The highest BCUT2D eigenvalue weighted by Gasteiger charge is 2.82. The summed E-state index contributed by atoms with van der Waals surface area (Å²) in [7, 11) is 4.29. The molecule has 1 unspecified atom stereocenters. The fourth-order valence-electron chi connectivity index (χ4n) is 7.35. The van der Waals surface area contributed by atoms with Gasteiger partial charge in [-0.05, 0) is 29.7 Å². The summed E-state index contributed by atoms with van der Waals surface area (Å²) in [6.45, 7) is 2.37. The molecule has 2 aliphatic carbocycles. The zero-order valence-electron chi connectivity index (χ0n) is 24.7. The molecule has 43 heavy (non-hydrogen) atoms. The van der Waals surface area contributed by atoms with Crippen LogP contribution in [-0.2, 0) is 26.5 Å². The largest absolute Gasteiger partial charge is 0.496 e. The molecule has 224 valence electrons. The third-order valence-electron chi connectivity index (χ3n) is 9.35. The quantitative estimate of drug-likeness (QED) is 0.355. The highest BCUT2D eigenvalue weighted by atomic mass is 16.6. The van der Waals surface area contributed by atoms with E-state index >= 15 is 0 Å². The first kappa shape index (κ1) is 28.8. The molecule has 3 aliphatic rings. The minimum Gasteiger partial charge on any atom is -0.496 e. The number of rotatable bonds is 8. The molecule has 1 aliphatic heterocycles. The Morgan fingerprint density at radius 1 is 1.00 bits per heavy atom. The Balaban J connectivity index is 1.53. The summed E-state index contributed by atoms with van der Waals surface area (Å²) in [4.78, 5) is 13.5.